The van der Waals surface area contributed by atoms with Gasteiger partial charge in [0.1, 0.15) is 17.2 Å². The minimum Gasteiger partial charge on any atom is -0.457 e. The summed E-state index contributed by atoms with van der Waals surface area (Å²) in [7, 11) is 0. The lowest BCUT2D eigenvalue weighted by molar-refractivity contribution is -0.137. The number of pyridine rings is 1. The van der Waals surface area contributed by atoms with Crippen molar-refractivity contribution in [3.8, 4) is 11.5 Å². The molecule has 1 N–H and O–H groups in total. The molecule has 1 unspecified atom stereocenters. The fourth-order valence-electron chi connectivity index (χ4n) is 5.36. The fourth-order valence-corrected chi connectivity index (χ4v) is 5.36. The first kappa shape index (κ1) is 26.7. The van der Waals surface area contributed by atoms with Crippen molar-refractivity contribution in [3.63, 3.8) is 0 Å². The summed E-state index contributed by atoms with van der Waals surface area (Å²) < 4.78 is 43.9. The van der Waals surface area contributed by atoms with E-state index in [4.69, 9.17) is 4.74 Å². The molecule has 0 bridgehead atoms. The van der Waals surface area contributed by atoms with Gasteiger partial charge in [0.25, 0.3) is 11.8 Å². The molecule has 1 aromatic heterocycles. The van der Waals surface area contributed by atoms with Crippen molar-refractivity contribution >= 4 is 11.8 Å². The van der Waals surface area contributed by atoms with E-state index in [2.05, 4.69) is 10.3 Å². The molecular weight excluding hydrogens is 507 g/mol. The summed E-state index contributed by atoms with van der Waals surface area (Å²) in [5.74, 6) is 0.471. The van der Waals surface area contributed by atoms with Gasteiger partial charge in [-0.15, -0.1) is 0 Å². The van der Waals surface area contributed by atoms with Crippen LogP contribution in [0.25, 0.3) is 0 Å². The first-order valence-corrected chi connectivity index (χ1v) is 13.0. The number of carbonyl (C=O) groups excluding carboxylic acids is 2. The lowest BCUT2D eigenvalue weighted by atomic mass is 9.59. The highest BCUT2D eigenvalue weighted by molar-refractivity contribution is 5.94. The van der Waals surface area contributed by atoms with Crippen LogP contribution in [-0.4, -0.2) is 40.8 Å². The van der Waals surface area contributed by atoms with E-state index in [1.165, 1.54) is 12.1 Å². The van der Waals surface area contributed by atoms with Gasteiger partial charge in [0.15, 0.2) is 0 Å². The molecule has 39 heavy (non-hydrogen) atoms. The SMILES string of the molecule is Cc1ccc(C(=O)NC2CCC23CCN(C(=O)c2ccc(Oc4ccc(C(F)(F)F)cc4)cc2)CC3)nc1C. The van der Waals surface area contributed by atoms with E-state index >= 15 is 0 Å². The molecule has 2 fully saturated rings. The van der Waals surface area contributed by atoms with Crippen molar-refractivity contribution in [2.24, 2.45) is 5.41 Å². The van der Waals surface area contributed by atoms with Crippen molar-refractivity contribution in [1.29, 1.82) is 0 Å². The Morgan fingerprint density at radius 1 is 0.923 bits per heavy atom. The lowest BCUT2D eigenvalue weighted by Gasteiger charge is -2.54. The normalized spacial score (nSPS) is 18.4. The Morgan fingerprint density at radius 2 is 1.54 bits per heavy atom. The van der Waals surface area contributed by atoms with Crippen LogP contribution in [0.5, 0.6) is 11.5 Å². The predicted octanol–water partition coefficient (Wildman–Crippen LogP) is 6.32. The third-order valence-electron chi connectivity index (χ3n) is 8.12. The summed E-state index contributed by atoms with van der Waals surface area (Å²) in [4.78, 5) is 32.2. The number of hydrogen-bond acceptors (Lipinski definition) is 4. The van der Waals surface area contributed by atoms with Gasteiger partial charge in [-0.3, -0.25) is 9.59 Å². The maximum absolute atomic E-state index is 13.1. The van der Waals surface area contributed by atoms with Gasteiger partial charge >= 0.3 is 6.18 Å². The summed E-state index contributed by atoms with van der Waals surface area (Å²) in [5.41, 5.74) is 2.10. The standard InChI is InChI=1S/C30H30F3N3O3/c1-19-3-12-25(34-20(19)2)27(37)35-26-13-14-29(26)15-17-36(18-16-29)28(38)21-4-8-23(9-5-21)39-24-10-6-22(7-11-24)30(31,32)33/h3-12,26H,13-18H2,1-2H3,(H,35,37). The topological polar surface area (TPSA) is 71.5 Å². The van der Waals surface area contributed by atoms with Gasteiger partial charge in [0.05, 0.1) is 5.56 Å². The maximum atomic E-state index is 13.1. The minimum absolute atomic E-state index is 0.00550. The molecule has 2 aliphatic rings. The van der Waals surface area contributed by atoms with Crippen molar-refractivity contribution in [3.05, 3.63) is 88.7 Å². The van der Waals surface area contributed by atoms with Gasteiger partial charge in [0, 0.05) is 30.4 Å². The smallest absolute Gasteiger partial charge is 0.416 e. The molecule has 9 heteroatoms. The van der Waals surface area contributed by atoms with E-state index in [0.29, 0.717) is 30.1 Å². The molecule has 0 radical (unpaired) electrons. The van der Waals surface area contributed by atoms with Crippen LogP contribution >= 0.6 is 0 Å². The second kappa shape index (κ2) is 10.4. The number of nitrogens with one attached hydrogen (secondary N) is 1. The zero-order valence-electron chi connectivity index (χ0n) is 21.8. The molecule has 5 rings (SSSR count). The number of ether oxygens (including phenoxy) is 1. The van der Waals surface area contributed by atoms with Crippen molar-refractivity contribution in [2.75, 3.05) is 13.1 Å². The van der Waals surface area contributed by atoms with E-state index in [1.54, 1.807) is 30.3 Å². The number of aryl methyl sites for hydroxylation is 2. The molecule has 1 atom stereocenters. The Morgan fingerprint density at radius 3 is 2.08 bits per heavy atom. The van der Waals surface area contributed by atoms with Gasteiger partial charge in [-0.25, -0.2) is 4.98 Å². The third kappa shape index (κ3) is 5.62. The molecule has 2 heterocycles. The summed E-state index contributed by atoms with van der Waals surface area (Å²) in [6, 6.07) is 14.8. The van der Waals surface area contributed by atoms with Crippen LogP contribution in [0.1, 0.15) is 63.4 Å². The molecule has 204 valence electrons. The summed E-state index contributed by atoms with van der Waals surface area (Å²) in [6.45, 7) is 5.07. The van der Waals surface area contributed by atoms with E-state index in [0.717, 1.165) is 49.1 Å². The average Bonchev–Trinajstić information content (AvgIpc) is 2.92. The van der Waals surface area contributed by atoms with Gasteiger partial charge in [0.2, 0.25) is 0 Å². The monoisotopic (exact) mass is 537 g/mol. The van der Waals surface area contributed by atoms with Crippen LogP contribution in [-0.2, 0) is 6.18 Å². The Kier molecular flexibility index (Phi) is 7.09. The van der Waals surface area contributed by atoms with Crippen molar-refractivity contribution in [2.45, 2.75) is 51.7 Å². The maximum Gasteiger partial charge on any atom is 0.416 e. The second-order valence-corrected chi connectivity index (χ2v) is 10.5. The van der Waals surface area contributed by atoms with Crippen LogP contribution in [0.15, 0.2) is 60.7 Å². The number of piperidine rings is 1. The van der Waals surface area contributed by atoms with Crippen LogP contribution in [0.3, 0.4) is 0 Å². The molecule has 3 aromatic rings. The Hall–Kier alpha value is -3.88. The Bertz CT molecular complexity index is 1360. The second-order valence-electron chi connectivity index (χ2n) is 10.5. The highest BCUT2D eigenvalue weighted by Gasteiger charge is 2.49. The first-order valence-electron chi connectivity index (χ1n) is 13.0. The summed E-state index contributed by atoms with van der Waals surface area (Å²) in [5, 5.41) is 3.18. The first-order chi connectivity index (χ1) is 18.5. The van der Waals surface area contributed by atoms with Gasteiger partial charge in [-0.1, -0.05) is 6.07 Å². The van der Waals surface area contributed by atoms with Crippen LogP contribution in [0.2, 0.25) is 0 Å². The molecule has 2 amide bonds. The molecular formula is C30H30F3N3O3. The zero-order valence-corrected chi connectivity index (χ0v) is 21.8. The summed E-state index contributed by atoms with van der Waals surface area (Å²) >= 11 is 0. The van der Waals surface area contributed by atoms with Crippen molar-refractivity contribution < 1.29 is 27.5 Å². The number of hydrogen-bond donors (Lipinski definition) is 1. The number of aromatic nitrogens is 1. The highest BCUT2D eigenvalue weighted by Crippen LogP contribution is 2.49. The zero-order chi connectivity index (χ0) is 27.8. The quantitative estimate of drug-likeness (QED) is 0.413. The largest absolute Gasteiger partial charge is 0.457 e. The summed E-state index contributed by atoms with van der Waals surface area (Å²) in [6.07, 6.45) is -0.820. The van der Waals surface area contributed by atoms with E-state index < -0.39 is 11.7 Å². The molecule has 6 nitrogen and oxygen atoms in total. The minimum atomic E-state index is -4.40. The number of rotatable bonds is 5. The van der Waals surface area contributed by atoms with E-state index in [-0.39, 0.29) is 29.0 Å². The number of likely N-dealkylation sites (tertiary alicyclic amines) is 1. The molecule has 2 aromatic carbocycles. The van der Waals surface area contributed by atoms with Crippen molar-refractivity contribution in [1.82, 2.24) is 15.2 Å². The van der Waals surface area contributed by atoms with E-state index in [1.807, 2.05) is 24.8 Å². The van der Waals surface area contributed by atoms with Gasteiger partial charge in [-0.05, 0) is 105 Å². The highest BCUT2D eigenvalue weighted by atomic mass is 19.4. The number of amides is 2. The molecule has 1 aliphatic heterocycles. The average molecular weight is 538 g/mol. The third-order valence-corrected chi connectivity index (χ3v) is 8.12. The van der Waals surface area contributed by atoms with E-state index in [9.17, 15) is 22.8 Å². The number of nitrogens with zero attached hydrogens (tertiary/aromatic N) is 2. The van der Waals surface area contributed by atoms with Crippen LogP contribution in [0.4, 0.5) is 13.2 Å². The van der Waals surface area contributed by atoms with Crippen LogP contribution in [0, 0.1) is 19.3 Å². The predicted molar refractivity (Wildman–Crippen MR) is 140 cm³/mol. The van der Waals surface area contributed by atoms with Gasteiger partial charge in [-0.2, -0.15) is 13.2 Å². The number of alkyl halides is 3. The fraction of sp³-hybridized carbons (Fsp3) is 0.367. The Labute approximate surface area is 225 Å². The number of benzene rings is 2. The number of halogens is 3. The van der Waals surface area contributed by atoms with Crippen LogP contribution < -0.4 is 10.1 Å². The molecule has 1 saturated carbocycles. The van der Waals surface area contributed by atoms with Gasteiger partial charge < -0.3 is 15.0 Å². The lowest BCUT2D eigenvalue weighted by Crippen LogP contribution is -2.59. The number of carbonyl (C=O) groups is 2. The Balaban J connectivity index is 1.15. The molecule has 1 saturated heterocycles. The molecule has 1 spiro atoms. The molecule has 1 aliphatic carbocycles.